The highest BCUT2D eigenvalue weighted by Crippen LogP contribution is 2.41. The van der Waals surface area contributed by atoms with Gasteiger partial charge in [0.1, 0.15) is 0 Å². The van der Waals surface area contributed by atoms with Crippen LogP contribution in [-0.2, 0) is 0 Å². The second kappa shape index (κ2) is 10.7. The summed E-state index contributed by atoms with van der Waals surface area (Å²) in [5.74, 6) is -0.702. The quantitative estimate of drug-likeness (QED) is 0.217. The van der Waals surface area contributed by atoms with Crippen molar-refractivity contribution >= 4 is 51.3 Å². The molecule has 0 unspecified atom stereocenters. The molecule has 0 radical (unpaired) electrons. The van der Waals surface area contributed by atoms with E-state index in [1.807, 2.05) is 48.5 Å². The fourth-order valence-corrected chi connectivity index (χ4v) is 7.95. The summed E-state index contributed by atoms with van der Waals surface area (Å²) in [5, 5.41) is 0.754. The van der Waals surface area contributed by atoms with Crippen LogP contribution in [0.5, 0.6) is 0 Å². The van der Waals surface area contributed by atoms with Crippen LogP contribution in [0.25, 0.3) is 16.3 Å². The van der Waals surface area contributed by atoms with Gasteiger partial charge >= 0.3 is 0 Å². The van der Waals surface area contributed by atoms with Gasteiger partial charge in [-0.15, -0.1) is 0 Å². The molecule has 6 heteroatoms. The molecular weight excluding hydrogens is 560 g/mol. The van der Waals surface area contributed by atoms with E-state index in [1.54, 1.807) is 24.3 Å². The minimum atomic E-state index is -0.466. The second-order valence-electron chi connectivity index (χ2n) is 13.0. The van der Waals surface area contributed by atoms with Gasteiger partial charge in [0.15, 0.2) is 0 Å². The molecule has 2 heterocycles. The number of carbonyl (C=O) groups excluding carboxylic acids is 4. The molecule has 4 aromatic carbocycles. The van der Waals surface area contributed by atoms with Crippen LogP contribution >= 0.6 is 0 Å². The molecule has 45 heavy (non-hydrogen) atoms. The lowest BCUT2D eigenvalue weighted by molar-refractivity contribution is 0.0873. The van der Waals surface area contributed by atoms with E-state index in [9.17, 15) is 19.2 Å². The Morgan fingerprint density at radius 3 is 1.40 bits per heavy atom. The van der Waals surface area contributed by atoms with Crippen molar-refractivity contribution in [2.45, 2.75) is 64.2 Å². The molecular formula is C39H34N2O4. The molecule has 4 amide bonds. The summed E-state index contributed by atoms with van der Waals surface area (Å²) >= 11 is 0. The van der Waals surface area contributed by atoms with E-state index in [0.29, 0.717) is 56.2 Å². The van der Waals surface area contributed by atoms with Crippen molar-refractivity contribution < 1.29 is 19.2 Å². The zero-order chi connectivity index (χ0) is 30.8. The van der Waals surface area contributed by atoms with E-state index >= 15 is 0 Å². The van der Waals surface area contributed by atoms with Gasteiger partial charge < -0.3 is 0 Å². The summed E-state index contributed by atoms with van der Waals surface area (Å²) in [6.45, 7) is 2.11. The highest BCUT2D eigenvalue weighted by molar-refractivity contribution is 6.42. The standard InChI is InChI=1S/C39H34N2O4/c1-23(22-24-6-2-3-7-24)25-10-14-28(15-11-25)40-36(42)30-18-20-32-35-33(21-19-31(34(30)35)37(40)43)39(45)41(38(32)44)29-16-12-27(13-17-29)26-8-4-5-9-26/h10-22,24,26H,2-9H2,1H3/b23-22+. The van der Waals surface area contributed by atoms with E-state index in [1.165, 1.54) is 72.3 Å². The molecule has 2 aliphatic carbocycles. The molecule has 0 spiro atoms. The van der Waals surface area contributed by atoms with Gasteiger partial charge in [-0.1, -0.05) is 56.0 Å². The predicted molar refractivity (Wildman–Crippen MR) is 176 cm³/mol. The predicted octanol–water partition coefficient (Wildman–Crippen LogP) is 8.69. The number of anilines is 2. The maximum Gasteiger partial charge on any atom is 0.265 e. The number of amides is 4. The molecule has 6 nitrogen and oxygen atoms in total. The first-order chi connectivity index (χ1) is 21.9. The molecule has 0 aromatic heterocycles. The van der Waals surface area contributed by atoms with Gasteiger partial charge in [0.05, 0.1) is 11.4 Å². The summed E-state index contributed by atoms with van der Waals surface area (Å²) in [5.41, 5.74) is 5.74. The molecule has 2 fully saturated rings. The molecule has 4 aliphatic rings. The zero-order valence-electron chi connectivity index (χ0n) is 25.3. The minimum Gasteiger partial charge on any atom is -0.268 e. The van der Waals surface area contributed by atoms with Crippen molar-refractivity contribution in [3.05, 3.63) is 112 Å². The number of benzene rings is 4. The van der Waals surface area contributed by atoms with Gasteiger partial charge in [-0.3, -0.25) is 19.2 Å². The van der Waals surface area contributed by atoms with Gasteiger partial charge in [-0.2, -0.15) is 0 Å². The SMILES string of the molecule is C/C(=C\C1CCCC1)c1ccc(N2C(=O)c3ccc4c5c(ccc(c35)C2=O)C(=O)N(c2ccc(C3CCCC3)cc2)C4=O)cc1. The van der Waals surface area contributed by atoms with Gasteiger partial charge in [0.25, 0.3) is 23.6 Å². The fourth-order valence-electron chi connectivity index (χ4n) is 7.95. The lowest BCUT2D eigenvalue weighted by atomic mass is 9.85. The zero-order valence-corrected chi connectivity index (χ0v) is 25.3. The molecule has 4 aromatic rings. The Morgan fingerprint density at radius 2 is 0.956 bits per heavy atom. The van der Waals surface area contributed by atoms with E-state index in [0.717, 1.165) is 5.56 Å². The highest BCUT2D eigenvalue weighted by atomic mass is 16.2. The molecule has 0 bridgehead atoms. The molecule has 224 valence electrons. The monoisotopic (exact) mass is 594 g/mol. The first-order valence-electron chi connectivity index (χ1n) is 16.2. The summed E-state index contributed by atoms with van der Waals surface area (Å²) < 4.78 is 0. The first kappa shape index (κ1) is 27.7. The van der Waals surface area contributed by atoms with Crippen LogP contribution < -0.4 is 9.80 Å². The van der Waals surface area contributed by atoms with Crippen molar-refractivity contribution in [3.8, 4) is 0 Å². The molecule has 0 atom stereocenters. The Labute approximate surface area is 262 Å². The van der Waals surface area contributed by atoms with Gasteiger partial charge in [0.2, 0.25) is 0 Å². The third kappa shape index (κ3) is 4.38. The molecule has 0 saturated heterocycles. The summed E-state index contributed by atoms with van der Waals surface area (Å²) in [4.78, 5) is 57.9. The Kier molecular flexibility index (Phi) is 6.56. The number of hydrogen-bond donors (Lipinski definition) is 0. The van der Waals surface area contributed by atoms with E-state index in [4.69, 9.17) is 0 Å². The second-order valence-corrected chi connectivity index (χ2v) is 13.0. The Hall–Kier alpha value is -4.84. The maximum atomic E-state index is 13.9. The van der Waals surface area contributed by atoms with Crippen LogP contribution in [0.4, 0.5) is 11.4 Å². The van der Waals surface area contributed by atoms with Crippen LogP contribution in [0.15, 0.2) is 78.9 Å². The van der Waals surface area contributed by atoms with Crippen LogP contribution in [-0.4, -0.2) is 23.6 Å². The topological polar surface area (TPSA) is 74.8 Å². The number of rotatable bonds is 5. The lowest BCUT2D eigenvalue weighted by Gasteiger charge is -2.32. The van der Waals surface area contributed by atoms with Crippen molar-refractivity contribution in [2.24, 2.45) is 5.92 Å². The third-order valence-corrected chi connectivity index (χ3v) is 10.3. The van der Waals surface area contributed by atoms with Gasteiger partial charge in [0, 0.05) is 33.0 Å². The van der Waals surface area contributed by atoms with Crippen LogP contribution in [0.2, 0.25) is 0 Å². The number of carbonyl (C=O) groups is 4. The number of allylic oxidation sites excluding steroid dienone is 2. The molecule has 0 N–H and O–H groups in total. The van der Waals surface area contributed by atoms with Crippen molar-refractivity contribution in [1.82, 2.24) is 0 Å². The number of nitrogens with zero attached hydrogens (tertiary/aromatic N) is 2. The van der Waals surface area contributed by atoms with Crippen molar-refractivity contribution in [1.29, 1.82) is 0 Å². The Bertz CT molecular complexity index is 1870. The minimum absolute atomic E-state index is 0.307. The van der Waals surface area contributed by atoms with Crippen LogP contribution in [0.1, 0.15) is 117 Å². The Morgan fingerprint density at radius 1 is 0.556 bits per heavy atom. The summed E-state index contributed by atoms with van der Waals surface area (Å²) in [6, 6.07) is 21.7. The Balaban J connectivity index is 1.13. The van der Waals surface area contributed by atoms with Crippen LogP contribution in [0.3, 0.4) is 0 Å². The number of hydrogen-bond acceptors (Lipinski definition) is 4. The average Bonchev–Trinajstić information content (AvgIpc) is 3.79. The van der Waals surface area contributed by atoms with E-state index in [-0.39, 0.29) is 0 Å². The van der Waals surface area contributed by atoms with Gasteiger partial charge in [-0.05, 0) is 110 Å². The van der Waals surface area contributed by atoms with E-state index in [2.05, 4.69) is 13.0 Å². The third-order valence-electron chi connectivity index (χ3n) is 10.3. The van der Waals surface area contributed by atoms with Crippen molar-refractivity contribution in [3.63, 3.8) is 0 Å². The summed E-state index contributed by atoms with van der Waals surface area (Å²) in [7, 11) is 0. The smallest absolute Gasteiger partial charge is 0.265 e. The summed E-state index contributed by atoms with van der Waals surface area (Å²) in [6.07, 6.45) is 12.1. The molecule has 2 aliphatic heterocycles. The highest BCUT2D eigenvalue weighted by Gasteiger charge is 2.40. The fraction of sp³-hybridized carbons (Fsp3) is 0.282. The normalized spacial score (nSPS) is 19.0. The first-order valence-corrected chi connectivity index (χ1v) is 16.2. The lowest BCUT2D eigenvalue weighted by Crippen LogP contribution is -2.43. The van der Waals surface area contributed by atoms with Crippen molar-refractivity contribution in [2.75, 3.05) is 9.80 Å². The number of imide groups is 2. The molecule has 8 rings (SSSR count). The maximum absolute atomic E-state index is 13.9. The largest absolute Gasteiger partial charge is 0.268 e. The average molecular weight is 595 g/mol. The van der Waals surface area contributed by atoms with Gasteiger partial charge in [-0.25, -0.2) is 9.80 Å². The molecule has 2 saturated carbocycles. The van der Waals surface area contributed by atoms with Crippen LogP contribution in [0, 0.1) is 5.92 Å². The van der Waals surface area contributed by atoms with E-state index < -0.39 is 23.6 Å².